The van der Waals surface area contributed by atoms with Crippen molar-refractivity contribution in [1.29, 1.82) is 0 Å². The molecular weight excluding hydrogens is 344 g/mol. The molecule has 0 amide bonds. The summed E-state index contributed by atoms with van der Waals surface area (Å²) < 4.78 is 0. The van der Waals surface area contributed by atoms with E-state index in [1.807, 2.05) is 49.5 Å². The molecule has 0 radical (unpaired) electrons. The van der Waals surface area contributed by atoms with Crippen LogP contribution in [0.15, 0.2) is 71.4 Å². The van der Waals surface area contributed by atoms with Crippen molar-refractivity contribution in [2.75, 3.05) is 0 Å². The number of aliphatic imine (C=N–C) groups is 1. The van der Waals surface area contributed by atoms with Crippen LogP contribution in [0.4, 0.5) is 0 Å². The number of benzene rings is 2. The highest BCUT2D eigenvalue weighted by atomic mass is 16.1. The number of ketones is 1. The van der Waals surface area contributed by atoms with Gasteiger partial charge >= 0.3 is 0 Å². The van der Waals surface area contributed by atoms with E-state index in [4.69, 9.17) is 4.99 Å². The van der Waals surface area contributed by atoms with Crippen molar-refractivity contribution in [1.82, 2.24) is 4.98 Å². The fourth-order valence-corrected chi connectivity index (χ4v) is 4.06. The van der Waals surface area contributed by atoms with Gasteiger partial charge in [-0.15, -0.1) is 0 Å². The van der Waals surface area contributed by atoms with Gasteiger partial charge in [0.1, 0.15) is 0 Å². The van der Waals surface area contributed by atoms with Gasteiger partial charge in [0, 0.05) is 41.4 Å². The molecule has 0 saturated carbocycles. The van der Waals surface area contributed by atoms with Crippen molar-refractivity contribution in [2.45, 2.75) is 26.3 Å². The summed E-state index contributed by atoms with van der Waals surface area (Å²) in [6.45, 7) is 2.70. The number of aryl methyl sites for hydroxylation is 1. The molecular formula is C25H20N2O. The average Bonchev–Trinajstić information content (AvgIpc) is 3.30. The van der Waals surface area contributed by atoms with Crippen molar-refractivity contribution < 1.29 is 4.79 Å². The topological polar surface area (TPSA) is 42.3 Å². The van der Waals surface area contributed by atoms with Crippen molar-refractivity contribution in [3.05, 3.63) is 105 Å². The third-order valence-electron chi connectivity index (χ3n) is 5.47. The maximum Gasteiger partial charge on any atom is 0.163 e. The van der Waals surface area contributed by atoms with E-state index < -0.39 is 0 Å². The lowest BCUT2D eigenvalue weighted by Crippen LogP contribution is -2.06. The number of rotatable bonds is 4. The van der Waals surface area contributed by atoms with E-state index in [-0.39, 0.29) is 5.78 Å². The van der Waals surface area contributed by atoms with Gasteiger partial charge in [0.2, 0.25) is 0 Å². The van der Waals surface area contributed by atoms with Crippen molar-refractivity contribution >= 4 is 17.6 Å². The summed E-state index contributed by atoms with van der Waals surface area (Å²) in [6, 6.07) is 18.5. The third-order valence-corrected chi connectivity index (χ3v) is 5.47. The Bertz CT molecular complexity index is 1160. The lowest BCUT2D eigenvalue weighted by molar-refractivity contribution is -0.114. The minimum absolute atomic E-state index is 0.209. The highest BCUT2D eigenvalue weighted by Crippen LogP contribution is 2.33. The summed E-state index contributed by atoms with van der Waals surface area (Å²) >= 11 is 0. The zero-order valence-electron chi connectivity index (χ0n) is 15.8. The first-order valence-electron chi connectivity index (χ1n) is 9.59. The SMILES string of the molecule is Cc1cc(C2=NCc3cc4c(cc32)C=C(C(=O)Cc2ccccc2)C4)ccn1. The molecule has 1 aliphatic carbocycles. The molecule has 1 aliphatic heterocycles. The van der Waals surface area contributed by atoms with Gasteiger partial charge in [-0.3, -0.25) is 14.8 Å². The summed E-state index contributed by atoms with van der Waals surface area (Å²) in [4.78, 5) is 21.8. The smallest absolute Gasteiger partial charge is 0.163 e. The predicted octanol–water partition coefficient (Wildman–Crippen LogP) is 4.49. The van der Waals surface area contributed by atoms with Crippen LogP contribution in [0.5, 0.6) is 0 Å². The average molecular weight is 364 g/mol. The number of hydrogen-bond acceptors (Lipinski definition) is 3. The first-order valence-corrected chi connectivity index (χ1v) is 9.59. The highest BCUT2D eigenvalue weighted by molar-refractivity contribution is 6.15. The van der Waals surface area contributed by atoms with E-state index in [1.54, 1.807) is 0 Å². The number of fused-ring (bicyclic) bond motifs is 2. The molecule has 0 saturated heterocycles. The van der Waals surface area contributed by atoms with E-state index in [0.29, 0.717) is 13.0 Å². The number of carbonyl (C=O) groups excluding carboxylic acids is 1. The second-order valence-corrected chi connectivity index (χ2v) is 7.49. The predicted molar refractivity (Wildman–Crippen MR) is 112 cm³/mol. The van der Waals surface area contributed by atoms with Gasteiger partial charge in [0.15, 0.2) is 5.78 Å². The molecule has 0 unspecified atom stereocenters. The van der Waals surface area contributed by atoms with Gasteiger partial charge in [0.25, 0.3) is 0 Å². The summed E-state index contributed by atoms with van der Waals surface area (Å²) in [7, 11) is 0. The second-order valence-electron chi connectivity index (χ2n) is 7.49. The van der Waals surface area contributed by atoms with E-state index in [9.17, 15) is 4.79 Å². The molecule has 2 aromatic carbocycles. The molecule has 2 aliphatic rings. The van der Waals surface area contributed by atoms with Crippen molar-refractivity contribution in [3.8, 4) is 0 Å². The monoisotopic (exact) mass is 364 g/mol. The van der Waals surface area contributed by atoms with E-state index in [2.05, 4.69) is 29.3 Å². The van der Waals surface area contributed by atoms with Crippen LogP contribution in [0.25, 0.3) is 6.08 Å². The molecule has 3 heteroatoms. The molecule has 5 rings (SSSR count). The summed E-state index contributed by atoms with van der Waals surface area (Å²) in [5.41, 5.74) is 9.90. The summed E-state index contributed by atoms with van der Waals surface area (Å²) in [6.07, 6.45) is 5.08. The Labute approximate surface area is 164 Å². The Hall–Kier alpha value is -3.33. The van der Waals surface area contributed by atoms with Gasteiger partial charge < -0.3 is 0 Å². The fraction of sp³-hybridized carbons (Fsp3) is 0.160. The Balaban J connectivity index is 1.44. The van der Waals surface area contributed by atoms with Crippen LogP contribution in [0.1, 0.15) is 39.1 Å². The highest BCUT2D eigenvalue weighted by Gasteiger charge is 2.24. The first-order chi connectivity index (χ1) is 13.7. The number of hydrogen-bond donors (Lipinski definition) is 0. The zero-order valence-corrected chi connectivity index (χ0v) is 15.8. The first kappa shape index (κ1) is 16.8. The van der Waals surface area contributed by atoms with Crippen LogP contribution in [-0.2, 0) is 24.2 Å². The van der Waals surface area contributed by atoms with E-state index in [1.165, 1.54) is 16.7 Å². The minimum Gasteiger partial charge on any atom is -0.294 e. The second kappa shape index (κ2) is 6.68. The lowest BCUT2D eigenvalue weighted by atomic mass is 9.95. The maximum atomic E-state index is 12.8. The Morgan fingerprint density at radius 2 is 1.89 bits per heavy atom. The summed E-state index contributed by atoms with van der Waals surface area (Å²) in [5, 5.41) is 0. The van der Waals surface area contributed by atoms with Gasteiger partial charge in [-0.2, -0.15) is 0 Å². The van der Waals surface area contributed by atoms with Gasteiger partial charge in [-0.1, -0.05) is 36.4 Å². The Morgan fingerprint density at radius 1 is 1.04 bits per heavy atom. The number of nitrogens with zero attached hydrogens (tertiary/aromatic N) is 2. The molecule has 0 fully saturated rings. The third kappa shape index (κ3) is 2.99. The maximum absolute atomic E-state index is 12.8. The lowest BCUT2D eigenvalue weighted by Gasteiger charge is -2.08. The van der Waals surface area contributed by atoms with Crippen LogP contribution < -0.4 is 0 Å². The van der Waals surface area contributed by atoms with Crippen LogP contribution >= 0.6 is 0 Å². The molecule has 3 aromatic rings. The Morgan fingerprint density at radius 3 is 2.71 bits per heavy atom. The fourth-order valence-electron chi connectivity index (χ4n) is 4.06. The van der Waals surface area contributed by atoms with E-state index in [0.717, 1.165) is 40.1 Å². The summed E-state index contributed by atoms with van der Waals surface area (Å²) in [5.74, 6) is 0.209. The zero-order chi connectivity index (χ0) is 19.1. The largest absolute Gasteiger partial charge is 0.294 e. The molecule has 3 nitrogen and oxygen atoms in total. The Kier molecular flexibility index (Phi) is 4.01. The van der Waals surface area contributed by atoms with Crippen LogP contribution in [0, 0.1) is 6.92 Å². The number of pyridine rings is 1. The number of Topliss-reactive ketones (excluding diaryl/α,β-unsaturated/α-hetero) is 1. The van der Waals surface area contributed by atoms with Crippen molar-refractivity contribution in [3.63, 3.8) is 0 Å². The van der Waals surface area contributed by atoms with E-state index >= 15 is 0 Å². The van der Waals surface area contributed by atoms with Crippen LogP contribution in [-0.4, -0.2) is 16.5 Å². The van der Waals surface area contributed by atoms with Crippen LogP contribution in [0.3, 0.4) is 0 Å². The molecule has 28 heavy (non-hydrogen) atoms. The molecule has 0 N–H and O–H groups in total. The number of aromatic nitrogens is 1. The molecule has 0 bridgehead atoms. The molecule has 0 spiro atoms. The van der Waals surface area contributed by atoms with Gasteiger partial charge in [-0.05, 0) is 53.5 Å². The molecule has 136 valence electrons. The molecule has 0 atom stereocenters. The normalized spacial score (nSPS) is 14.3. The standard InChI is InChI=1S/C25H20N2O/c1-16-9-18(7-8-26-16)25-23-14-20-12-21(11-19(20)13-22(23)15-27-25)24(28)10-17-5-3-2-4-6-17/h2-9,12-14H,10-11,15H2,1H3. The number of allylic oxidation sites excluding steroid dienone is 1. The minimum atomic E-state index is 0.209. The van der Waals surface area contributed by atoms with Crippen molar-refractivity contribution in [2.24, 2.45) is 4.99 Å². The number of carbonyl (C=O) groups is 1. The molecule has 2 heterocycles. The van der Waals surface area contributed by atoms with Gasteiger partial charge in [-0.25, -0.2) is 0 Å². The quantitative estimate of drug-likeness (QED) is 0.684. The van der Waals surface area contributed by atoms with Gasteiger partial charge in [0.05, 0.1) is 12.3 Å². The van der Waals surface area contributed by atoms with Crippen LogP contribution in [0.2, 0.25) is 0 Å². The molecule has 1 aromatic heterocycles.